The van der Waals surface area contributed by atoms with Gasteiger partial charge >= 0.3 is 0 Å². The highest BCUT2D eigenvalue weighted by atomic mass is 16.5. The van der Waals surface area contributed by atoms with Gasteiger partial charge in [-0.05, 0) is 37.3 Å². The molecule has 1 saturated heterocycles. The second-order valence-corrected chi connectivity index (χ2v) is 9.07. The number of piperazine rings is 1. The Hall–Kier alpha value is -4.20. The maximum atomic E-state index is 9.60. The number of aliphatic hydroxyl groups is 1. The molecule has 1 aliphatic rings. The Balaban J connectivity index is 1.30. The van der Waals surface area contributed by atoms with Crippen LogP contribution in [0.2, 0.25) is 0 Å². The highest BCUT2D eigenvalue weighted by Gasteiger charge is 2.19. The third kappa shape index (κ3) is 5.48. The Morgan fingerprint density at radius 1 is 1.05 bits per heavy atom. The van der Waals surface area contributed by atoms with E-state index >= 15 is 0 Å². The molecule has 0 spiro atoms. The van der Waals surface area contributed by atoms with E-state index in [0.717, 1.165) is 61.1 Å². The fourth-order valence-electron chi connectivity index (χ4n) is 4.42. The molecule has 10 heteroatoms. The van der Waals surface area contributed by atoms with E-state index in [-0.39, 0.29) is 6.61 Å². The number of hydrogen-bond donors (Lipinski definition) is 1. The van der Waals surface area contributed by atoms with E-state index in [1.54, 1.807) is 37.1 Å². The van der Waals surface area contributed by atoms with Crippen LogP contribution in [0.3, 0.4) is 0 Å². The molecular formula is C27H29N7O3. The van der Waals surface area contributed by atoms with Gasteiger partial charge in [-0.2, -0.15) is 10.4 Å². The lowest BCUT2D eigenvalue weighted by molar-refractivity contribution is 0.122. The van der Waals surface area contributed by atoms with Crippen LogP contribution < -0.4 is 14.4 Å². The van der Waals surface area contributed by atoms with Crippen LogP contribution in [0.1, 0.15) is 18.2 Å². The van der Waals surface area contributed by atoms with Gasteiger partial charge in [0.15, 0.2) is 0 Å². The molecule has 1 N–H and O–H groups in total. The Morgan fingerprint density at radius 2 is 1.89 bits per heavy atom. The molecule has 0 radical (unpaired) electrons. The fraction of sp³-hybridized carbons (Fsp3) is 0.333. The van der Waals surface area contributed by atoms with Gasteiger partial charge < -0.3 is 19.5 Å². The summed E-state index contributed by atoms with van der Waals surface area (Å²) in [6.07, 6.45) is 6.24. The molecule has 190 valence electrons. The van der Waals surface area contributed by atoms with Crippen molar-refractivity contribution >= 4 is 11.3 Å². The molecule has 4 aromatic heterocycles. The molecule has 5 rings (SSSR count). The number of nitrogens with zero attached hydrogens (tertiary/aromatic N) is 7. The number of nitriles is 1. The molecular weight excluding hydrogens is 470 g/mol. The number of hydrogen-bond acceptors (Lipinski definition) is 9. The molecule has 1 atom stereocenters. The molecule has 37 heavy (non-hydrogen) atoms. The summed E-state index contributed by atoms with van der Waals surface area (Å²) in [7, 11) is 1.64. The van der Waals surface area contributed by atoms with Gasteiger partial charge in [0.2, 0.25) is 0 Å². The van der Waals surface area contributed by atoms with Crippen LogP contribution in [0.25, 0.3) is 16.6 Å². The Morgan fingerprint density at radius 3 is 2.54 bits per heavy atom. The number of rotatable bonds is 8. The van der Waals surface area contributed by atoms with Gasteiger partial charge in [0.25, 0.3) is 0 Å². The molecule has 10 nitrogen and oxygen atoms in total. The number of ether oxygens (including phenoxy) is 2. The van der Waals surface area contributed by atoms with Crippen LogP contribution in [0.5, 0.6) is 11.5 Å². The summed E-state index contributed by atoms with van der Waals surface area (Å²) in [6, 6.07) is 12.0. The molecule has 0 aromatic carbocycles. The van der Waals surface area contributed by atoms with Crippen molar-refractivity contribution in [2.45, 2.75) is 19.6 Å². The quantitative estimate of drug-likeness (QED) is 0.391. The van der Waals surface area contributed by atoms with Crippen LogP contribution in [-0.2, 0) is 6.54 Å². The maximum absolute atomic E-state index is 9.60. The van der Waals surface area contributed by atoms with Crippen LogP contribution in [0, 0.1) is 11.3 Å². The average Bonchev–Trinajstić information content (AvgIpc) is 3.35. The van der Waals surface area contributed by atoms with Gasteiger partial charge in [0, 0.05) is 50.0 Å². The molecule has 1 aliphatic heterocycles. The van der Waals surface area contributed by atoms with Crippen LogP contribution in [0.15, 0.2) is 55.1 Å². The minimum atomic E-state index is -0.597. The molecule has 1 unspecified atom stereocenters. The zero-order chi connectivity index (χ0) is 25.8. The number of fused-ring (bicyclic) bond motifs is 1. The van der Waals surface area contributed by atoms with Gasteiger partial charge in [0.05, 0.1) is 48.6 Å². The van der Waals surface area contributed by atoms with Crippen molar-refractivity contribution in [1.82, 2.24) is 24.5 Å². The summed E-state index contributed by atoms with van der Waals surface area (Å²) in [5.74, 6) is 2.24. The summed E-state index contributed by atoms with van der Waals surface area (Å²) < 4.78 is 12.5. The Labute approximate surface area is 215 Å². The second-order valence-electron chi connectivity index (χ2n) is 9.07. The van der Waals surface area contributed by atoms with Gasteiger partial charge in [-0.15, -0.1) is 0 Å². The molecule has 4 aromatic rings. The first-order chi connectivity index (χ1) is 18.0. The van der Waals surface area contributed by atoms with E-state index in [1.165, 1.54) is 0 Å². The standard InChI is InChI=1S/C27H29N7O3/c1-19(35)18-37-24-11-25(27-21(12-28)14-31-34(27)17-24)20-3-6-26(30-13-20)33-9-7-32(8-10-33)16-22-4-5-23(36-2)15-29-22/h3-6,11,13-15,17,19,35H,7-10,16,18H2,1-2H3. The lowest BCUT2D eigenvalue weighted by Gasteiger charge is -2.35. The lowest BCUT2D eigenvalue weighted by Crippen LogP contribution is -2.46. The highest BCUT2D eigenvalue weighted by Crippen LogP contribution is 2.31. The highest BCUT2D eigenvalue weighted by molar-refractivity contribution is 5.85. The predicted molar refractivity (Wildman–Crippen MR) is 139 cm³/mol. The number of methoxy groups -OCH3 is 1. The molecule has 0 saturated carbocycles. The SMILES string of the molecule is COc1ccc(CN2CCN(c3ccc(-c4cc(OCC(C)O)cn5ncc(C#N)c45)cn3)CC2)nc1. The van der Waals surface area contributed by atoms with E-state index in [1.807, 2.05) is 36.5 Å². The Bertz CT molecular complexity index is 1390. The first kappa shape index (κ1) is 24.5. The van der Waals surface area contributed by atoms with Crippen molar-refractivity contribution in [3.63, 3.8) is 0 Å². The van der Waals surface area contributed by atoms with Gasteiger partial charge in [-0.1, -0.05) is 0 Å². The van der Waals surface area contributed by atoms with Crippen molar-refractivity contribution in [1.29, 1.82) is 5.26 Å². The molecule has 0 aliphatic carbocycles. The third-order valence-corrected chi connectivity index (χ3v) is 6.37. The van der Waals surface area contributed by atoms with Gasteiger partial charge in [-0.25, -0.2) is 9.50 Å². The molecule has 1 fully saturated rings. The lowest BCUT2D eigenvalue weighted by atomic mass is 10.1. The van der Waals surface area contributed by atoms with E-state index in [9.17, 15) is 10.4 Å². The van der Waals surface area contributed by atoms with E-state index in [2.05, 4.69) is 26.0 Å². The van der Waals surface area contributed by atoms with Gasteiger partial charge in [-0.3, -0.25) is 9.88 Å². The van der Waals surface area contributed by atoms with Crippen molar-refractivity contribution in [2.24, 2.45) is 0 Å². The smallest absolute Gasteiger partial charge is 0.138 e. The fourth-order valence-corrected chi connectivity index (χ4v) is 4.42. The van der Waals surface area contributed by atoms with E-state index in [0.29, 0.717) is 16.8 Å². The molecule has 5 heterocycles. The summed E-state index contributed by atoms with van der Waals surface area (Å²) in [4.78, 5) is 13.9. The predicted octanol–water partition coefficient (Wildman–Crippen LogP) is 2.75. The van der Waals surface area contributed by atoms with Crippen molar-refractivity contribution in [3.8, 4) is 28.7 Å². The molecule has 0 amide bonds. The first-order valence-corrected chi connectivity index (χ1v) is 12.2. The summed E-state index contributed by atoms with van der Waals surface area (Å²) in [5.41, 5.74) is 3.86. The van der Waals surface area contributed by atoms with Gasteiger partial charge in [0.1, 0.15) is 30.0 Å². The number of aromatic nitrogens is 4. The first-order valence-electron chi connectivity index (χ1n) is 12.2. The normalized spacial score (nSPS) is 14.9. The number of aliphatic hydroxyl groups excluding tert-OH is 1. The minimum Gasteiger partial charge on any atom is -0.495 e. The number of anilines is 1. The topological polar surface area (TPSA) is 112 Å². The van der Waals surface area contributed by atoms with E-state index < -0.39 is 6.10 Å². The van der Waals surface area contributed by atoms with Crippen molar-refractivity contribution in [3.05, 3.63) is 66.4 Å². The molecule has 0 bridgehead atoms. The van der Waals surface area contributed by atoms with Crippen molar-refractivity contribution < 1.29 is 14.6 Å². The largest absolute Gasteiger partial charge is 0.495 e. The summed E-state index contributed by atoms with van der Waals surface area (Å²) in [6.45, 7) is 6.21. The Kier molecular flexibility index (Phi) is 7.16. The maximum Gasteiger partial charge on any atom is 0.138 e. The number of pyridine rings is 3. The minimum absolute atomic E-state index is 0.162. The van der Waals surface area contributed by atoms with Crippen LogP contribution in [-0.4, -0.2) is 75.6 Å². The summed E-state index contributed by atoms with van der Waals surface area (Å²) >= 11 is 0. The second kappa shape index (κ2) is 10.8. The van der Waals surface area contributed by atoms with Crippen LogP contribution >= 0.6 is 0 Å². The monoisotopic (exact) mass is 499 g/mol. The van der Waals surface area contributed by atoms with Crippen molar-refractivity contribution in [2.75, 3.05) is 44.8 Å². The van der Waals surface area contributed by atoms with E-state index in [4.69, 9.17) is 14.5 Å². The average molecular weight is 500 g/mol. The zero-order valence-electron chi connectivity index (χ0n) is 20.9. The third-order valence-electron chi connectivity index (χ3n) is 6.37. The summed E-state index contributed by atoms with van der Waals surface area (Å²) in [5, 5.41) is 23.5. The van der Waals surface area contributed by atoms with Crippen LogP contribution in [0.4, 0.5) is 5.82 Å². The zero-order valence-corrected chi connectivity index (χ0v) is 20.9.